The van der Waals surface area contributed by atoms with Crippen LogP contribution in [0.1, 0.15) is 43.2 Å². The van der Waals surface area contributed by atoms with Crippen LogP contribution in [0.4, 0.5) is 13.6 Å². The molecule has 9 heteroatoms. The largest absolute Gasteiger partial charge is 0.481 e. The fourth-order valence-corrected chi connectivity index (χ4v) is 4.83. The minimum Gasteiger partial charge on any atom is -0.481 e. The summed E-state index contributed by atoms with van der Waals surface area (Å²) in [6, 6.07) is 14.5. The van der Waals surface area contributed by atoms with E-state index in [1.165, 1.54) is 6.92 Å². The number of alkyl halides is 2. The minimum absolute atomic E-state index is 0.0450. The third kappa shape index (κ3) is 4.34. The van der Waals surface area contributed by atoms with Gasteiger partial charge in [-0.2, -0.15) is 8.78 Å². The Morgan fingerprint density at radius 2 is 1.68 bits per heavy atom. The molecule has 0 radical (unpaired) electrons. The van der Waals surface area contributed by atoms with Gasteiger partial charge in [0.05, 0.1) is 12.0 Å². The van der Waals surface area contributed by atoms with E-state index in [1.54, 1.807) is 0 Å². The number of alkyl carbamates (subject to hydrolysis) is 1. The van der Waals surface area contributed by atoms with E-state index in [2.05, 4.69) is 5.32 Å². The number of carbonyl (C=O) groups excluding carboxylic acids is 2. The van der Waals surface area contributed by atoms with E-state index in [4.69, 9.17) is 4.74 Å². The Morgan fingerprint density at radius 1 is 1.09 bits per heavy atom. The Kier molecular flexibility index (Phi) is 6.29. The number of rotatable bonds is 7. The summed E-state index contributed by atoms with van der Waals surface area (Å²) in [4.78, 5) is 35.8. The van der Waals surface area contributed by atoms with Crippen LogP contribution in [0, 0.1) is 5.41 Å². The molecule has 0 spiro atoms. The number of carboxylic acids is 1. The fourth-order valence-electron chi connectivity index (χ4n) is 4.83. The van der Waals surface area contributed by atoms with Crippen molar-refractivity contribution >= 4 is 18.0 Å². The predicted molar refractivity (Wildman–Crippen MR) is 120 cm³/mol. The number of carbonyl (C=O) groups is 3. The second-order valence-electron chi connectivity index (χ2n) is 9.02. The normalized spacial score (nSPS) is 21.4. The topological polar surface area (TPSA) is 105 Å². The van der Waals surface area contributed by atoms with Gasteiger partial charge in [-0.3, -0.25) is 9.59 Å². The molecular weight excluding hydrogens is 446 g/mol. The average molecular weight is 472 g/mol. The maximum absolute atomic E-state index is 14.4. The summed E-state index contributed by atoms with van der Waals surface area (Å²) in [7, 11) is 0. The van der Waals surface area contributed by atoms with Crippen LogP contribution in [0.25, 0.3) is 11.1 Å². The second-order valence-corrected chi connectivity index (χ2v) is 9.02. The first-order chi connectivity index (χ1) is 16.1. The smallest absolute Gasteiger partial charge is 0.407 e. The molecule has 0 aliphatic heterocycles. The number of carboxylic acid groups (broad SMARTS) is 1. The predicted octanol–water partition coefficient (Wildman–Crippen LogP) is 3.92. The molecule has 180 valence electrons. The summed E-state index contributed by atoms with van der Waals surface area (Å²) < 4.78 is 34.0. The summed E-state index contributed by atoms with van der Waals surface area (Å²) >= 11 is 0. The third-order valence-corrected chi connectivity index (χ3v) is 6.88. The highest BCUT2D eigenvalue weighted by Gasteiger charge is 2.49. The van der Waals surface area contributed by atoms with Crippen LogP contribution in [0.3, 0.4) is 0 Å². The average Bonchev–Trinajstić information content (AvgIpc) is 3.35. The Labute approximate surface area is 195 Å². The second kappa shape index (κ2) is 9.04. The van der Waals surface area contributed by atoms with Crippen molar-refractivity contribution in [3.8, 4) is 11.1 Å². The molecular formula is C25H26F2N2O5. The van der Waals surface area contributed by atoms with Crippen molar-refractivity contribution in [2.24, 2.45) is 5.41 Å². The first-order valence-electron chi connectivity index (χ1n) is 11.1. The van der Waals surface area contributed by atoms with Crippen molar-refractivity contribution in [3.05, 3.63) is 59.7 Å². The monoisotopic (exact) mass is 472 g/mol. The summed E-state index contributed by atoms with van der Waals surface area (Å²) in [6.07, 6.45) is 0.0315. The first-order valence-corrected chi connectivity index (χ1v) is 11.1. The molecule has 2 aromatic carbocycles. The standard InChI is InChI=1S/C25H26F2N2O5/c1-24(22(31)32)12-6-11-20(24)29-21(30)25(26,27)14-28-23(33)34-13-19-17-9-4-2-7-15(17)16-8-3-5-10-18(16)19/h2-5,7-10,19-20H,6,11-14H2,1H3,(H,28,33)(H,29,30)(H,31,32). The first kappa shape index (κ1) is 23.7. The molecule has 2 aliphatic carbocycles. The highest BCUT2D eigenvalue weighted by molar-refractivity contribution is 5.86. The van der Waals surface area contributed by atoms with E-state index < -0.39 is 41.9 Å². The number of aliphatic carboxylic acids is 1. The molecule has 2 aromatic rings. The molecule has 3 N–H and O–H groups in total. The fraction of sp³-hybridized carbons (Fsp3) is 0.400. The van der Waals surface area contributed by atoms with Gasteiger partial charge in [0.25, 0.3) is 5.91 Å². The molecule has 2 amide bonds. The SMILES string of the molecule is CC1(C(=O)O)CCCC1NC(=O)C(F)(F)CNC(=O)OCC1c2ccccc2-c2ccccc21. The van der Waals surface area contributed by atoms with Gasteiger partial charge in [-0.25, -0.2) is 4.79 Å². The van der Waals surface area contributed by atoms with Gasteiger partial charge in [0, 0.05) is 12.0 Å². The quantitative estimate of drug-likeness (QED) is 0.567. The molecule has 7 nitrogen and oxygen atoms in total. The maximum Gasteiger partial charge on any atom is 0.407 e. The van der Waals surface area contributed by atoms with Crippen LogP contribution >= 0.6 is 0 Å². The molecule has 0 saturated heterocycles. The number of fused-ring (bicyclic) bond motifs is 3. The van der Waals surface area contributed by atoms with Gasteiger partial charge in [-0.05, 0) is 42.0 Å². The van der Waals surface area contributed by atoms with Crippen LogP contribution in [-0.2, 0) is 14.3 Å². The van der Waals surface area contributed by atoms with Gasteiger partial charge in [-0.1, -0.05) is 55.0 Å². The number of halogens is 2. The lowest BCUT2D eigenvalue weighted by molar-refractivity contribution is -0.152. The molecule has 34 heavy (non-hydrogen) atoms. The highest BCUT2D eigenvalue weighted by atomic mass is 19.3. The van der Waals surface area contributed by atoms with E-state index in [0.717, 1.165) is 22.3 Å². The number of nitrogens with one attached hydrogen (secondary N) is 2. The summed E-state index contributed by atoms with van der Waals surface area (Å²) in [5, 5.41) is 13.5. The van der Waals surface area contributed by atoms with E-state index in [-0.39, 0.29) is 18.9 Å². The number of hydrogen-bond donors (Lipinski definition) is 3. The minimum atomic E-state index is -3.92. The maximum atomic E-state index is 14.4. The molecule has 0 aromatic heterocycles. The molecule has 0 bridgehead atoms. The molecule has 2 aliphatic rings. The van der Waals surface area contributed by atoms with Crippen molar-refractivity contribution in [2.45, 2.75) is 44.1 Å². The van der Waals surface area contributed by atoms with Gasteiger partial charge >= 0.3 is 18.0 Å². The Hall–Kier alpha value is -3.49. The zero-order chi connectivity index (χ0) is 24.5. The van der Waals surface area contributed by atoms with E-state index in [9.17, 15) is 28.3 Å². The van der Waals surface area contributed by atoms with Gasteiger partial charge in [0.15, 0.2) is 0 Å². The van der Waals surface area contributed by atoms with Gasteiger partial charge in [0.1, 0.15) is 6.61 Å². The lowest BCUT2D eigenvalue weighted by Crippen LogP contribution is -2.54. The highest BCUT2D eigenvalue weighted by Crippen LogP contribution is 2.44. The van der Waals surface area contributed by atoms with Crippen molar-refractivity contribution < 1.29 is 33.0 Å². The van der Waals surface area contributed by atoms with E-state index in [1.807, 2.05) is 53.8 Å². The van der Waals surface area contributed by atoms with Crippen LogP contribution in [0.2, 0.25) is 0 Å². The van der Waals surface area contributed by atoms with Crippen LogP contribution in [0.15, 0.2) is 48.5 Å². The zero-order valence-electron chi connectivity index (χ0n) is 18.6. The van der Waals surface area contributed by atoms with Crippen molar-refractivity contribution in [2.75, 3.05) is 13.2 Å². The summed E-state index contributed by atoms with van der Waals surface area (Å²) in [5.41, 5.74) is 2.75. The zero-order valence-corrected chi connectivity index (χ0v) is 18.6. The summed E-state index contributed by atoms with van der Waals surface area (Å²) in [5.74, 6) is -6.91. The van der Waals surface area contributed by atoms with Crippen molar-refractivity contribution in [3.63, 3.8) is 0 Å². The van der Waals surface area contributed by atoms with Crippen LogP contribution in [0.5, 0.6) is 0 Å². The number of ether oxygens (including phenoxy) is 1. The van der Waals surface area contributed by atoms with Crippen LogP contribution in [-0.4, -0.2) is 48.2 Å². The Balaban J connectivity index is 1.32. The van der Waals surface area contributed by atoms with Crippen molar-refractivity contribution in [1.29, 1.82) is 0 Å². The van der Waals surface area contributed by atoms with Crippen LogP contribution < -0.4 is 10.6 Å². The molecule has 2 atom stereocenters. The lowest BCUT2D eigenvalue weighted by atomic mass is 9.85. The molecule has 4 rings (SSSR count). The Bertz CT molecular complexity index is 1080. The Morgan fingerprint density at radius 3 is 2.26 bits per heavy atom. The summed E-state index contributed by atoms with van der Waals surface area (Å²) in [6.45, 7) is 0.128. The molecule has 2 unspecified atom stereocenters. The lowest BCUT2D eigenvalue weighted by Gasteiger charge is -2.29. The third-order valence-electron chi connectivity index (χ3n) is 6.88. The molecule has 0 heterocycles. The van der Waals surface area contributed by atoms with E-state index >= 15 is 0 Å². The van der Waals surface area contributed by atoms with Gasteiger partial charge < -0.3 is 20.5 Å². The number of hydrogen-bond acceptors (Lipinski definition) is 4. The van der Waals surface area contributed by atoms with Gasteiger partial charge in [0.2, 0.25) is 0 Å². The molecule has 1 fully saturated rings. The van der Waals surface area contributed by atoms with Gasteiger partial charge in [-0.15, -0.1) is 0 Å². The van der Waals surface area contributed by atoms with Crippen molar-refractivity contribution in [1.82, 2.24) is 10.6 Å². The molecule has 1 saturated carbocycles. The van der Waals surface area contributed by atoms with E-state index in [0.29, 0.717) is 12.8 Å². The number of amides is 2. The number of benzene rings is 2.